The number of nitrogens with one attached hydrogen (secondary N) is 1. The monoisotopic (exact) mass is 384 g/mol. The zero-order valence-corrected chi connectivity index (χ0v) is 14.3. The fraction of sp³-hybridized carbons (Fsp3) is 0.111. The van der Waals surface area contributed by atoms with Crippen LogP contribution >= 0.6 is 15.9 Å². The molecule has 24 heavy (non-hydrogen) atoms. The van der Waals surface area contributed by atoms with Crippen molar-refractivity contribution >= 4 is 39.1 Å². The van der Waals surface area contributed by atoms with Crippen molar-refractivity contribution in [3.05, 3.63) is 64.1 Å². The van der Waals surface area contributed by atoms with Crippen LogP contribution in [0.2, 0.25) is 0 Å². The standard InChI is InChI=1S/C18H13BrN2O3/c1-11(22)16(10-20)18(24)21-15-8-4-13(5-9-15)17(23)12-2-6-14(19)7-3-12/h2-9,16H,1H3,(H,21,24). The highest BCUT2D eigenvalue weighted by Gasteiger charge is 2.22. The van der Waals surface area contributed by atoms with Crippen molar-refractivity contribution in [1.82, 2.24) is 0 Å². The molecule has 6 heteroatoms. The Morgan fingerprint density at radius 1 is 1.00 bits per heavy atom. The molecular formula is C18H13BrN2O3. The second-order valence-electron chi connectivity index (χ2n) is 5.08. The maximum absolute atomic E-state index is 12.3. The molecule has 5 nitrogen and oxygen atoms in total. The minimum atomic E-state index is -1.34. The summed E-state index contributed by atoms with van der Waals surface area (Å²) in [5.41, 5.74) is 1.43. The predicted molar refractivity (Wildman–Crippen MR) is 92.4 cm³/mol. The number of halogens is 1. The maximum atomic E-state index is 12.3. The van der Waals surface area contributed by atoms with Crippen LogP contribution in [0.15, 0.2) is 53.0 Å². The minimum Gasteiger partial charge on any atom is -0.325 e. The van der Waals surface area contributed by atoms with E-state index in [9.17, 15) is 14.4 Å². The molecule has 0 aliphatic carbocycles. The molecule has 0 fully saturated rings. The van der Waals surface area contributed by atoms with Crippen LogP contribution in [0.4, 0.5) is 5.69 Å². The van der Waals surface area contributed by atoms with Crippen molar-refractivity contribution in [1.29, 1.82) is 5.26 Å². The Morgan fingerprint density at radius 3 is 1.96 bits per heavy atom. The zero-order chi connectivity index (χ0) is 17.7. The van der Waals surface area contributed by atoms with Crippen LogP contribution in [0.3, 0.4) is 0 Å². The molecule has 1 atom stereocenters. The number of carbonyl (C=O) groups excluding carboxylic acids is 3. The molecular weight excluding hydrogens is 372 g/mol. The second kappa shape index (κ2) is 7.66. The molecule has 1 N–H and O–H groups in total. The Labute approximate surface area is 147 Å². The summed E-state index contributed by atoms with van der Waals surface area (Å²) in [5, 5.41) is 11.3. The highest BCUT2D eigenvalue weighted by atomic mass is 79.9. The summed E-state index contributed by atoms with van der Waals surface area (Å²) in [5.74, 6) is -2.68. The van der Waals surface area contributed by atoms with Gasteiger partial charge in [-0.2, -0.15) is 5.26 Å². The van der Waals surface area contributed by atoms with E-state index in [1.165, 1.54) is 6.92 Å². The van der Waals surface area contributed by atoms with Crippen LogP contribution in [0.1, 0.15) is 22.8 Å². The highest BCUT2D eigenvalue weighted by Crippen LogP contribution is 2.17. The Morgan fingerprint density at radius 2 is 1.50 bits per heavy atom. The third kappa shape index (κ3) is 4.15. The largest absolute Gasteiger partial charge is 0.325 e. The molecule has 2 rings (SSSR count). The SMILES string of the molecule is CC(=O)C(C#N)C(=O)Nc1ccc(C(=O)c2ccc(Br)cc2)cc1. The van der Waals surface area contributed by atoms with Gasteiger partial charge in [0, 0.05) is 21.3 Å². The number of hydrogen-bond acceptors (Lipinski definition) is 4. The number of nitrogens with zero attached hydrogens (tertiary/aromatic N) is 1. The highest BCUT2D eigenvalue weighted by molar-refractivity contribution is 9.10. The minimum absolute atomic E-state index is 0.140. The van der Waals surface area contributed by atoms with E-state index in [2.05, 4.69) is 21.2 Å². The average Bonchev–Trinajstić information content (AvgIpc) is 2.56. The van der Waals surface area contributed by atoms with E-state index in [0.29, 0.717) is 16.8 Å². The number of hydrogen-bond donors (Lipinski definition) is 1. The van der Waals surface area contributed by atoms with Gasteiger partial charge in [0.15, 0.2) is 17.5 Å². The summed E-state index contributed by atoms with van der Waals surface area (Å²) in [7, 11) is 0. The van der Waals surface area contributed by atoms with Crippen LogP contribution in [0.5, 0.6) is 0 Å². The van der Waals surface area contributed by atoms with E-state index >= 15 is 0 Å². The van der Waals surface area contributed by atoms with Gasteiger partial charge >= 0.3 is 0 Å². The van der Waals surface area contributed by atoms with Crippen molar-refractivity contribution in [3.8, 4) is 6.07 Å². The van der Waals surface area contributed by atoms with Crippen LogP contribution in [-0.2, 0) is 9.59 Å². The fourth-order valence-corrected chi connectivity index (χ4v) is 2.29. The third-order valence-electron chi connectivity index (χ3n) is 3.32. The molecule has 0 saturated carbocycles. The molecule has 0 aromatic heterocycles. The molecule has 0 radical (unpaired) electrons. The molecule has 2 aromatic carbocycles. The summed E-state index contributed by atoms with van der Waals surface area (Å²) in [6, 6.07) is 14.9. The quantitative estimate of drug-likeness (QED) is 0.632. The summed E-state index contributed by atoms with van der Waals surface area (Å²) >= 11 is 3.31. The number of carbonyl (C=O) groups is 3. The van der Waals surface area contributed by atoms with E-state index in [1.54, 1.807) is 54.6 Å². The van der Waals surface area contributed by atoms with E-state index < -0.39 is 17.6 Å². The summed E-state index contributed by atoms with van der Waals surface area (Å²) in [4.78, 5) is 35.4. The van der Waals surface area contributed by atoms with Gasteiger partial charge in [0.25, 0.3) is 0 Å². The van der Waals surface area contributed by atoms with Gasteiger partial charge < -0.3 is 5.32 Å². The predicted octanol–water partition coefficient (Wildman–Crippen LogP) is 3.35. The molecule has 0 saturated heterocycles. The van der Waals surface area contributed by atoms with Crippen molar-refractivity contribution in [3.63, 3.8) is 0 Å². The Hall–Kier alpha value is -2.78. The van der Waals surface area contributed by atoms with Crippen LogP contribution in [0.25, 0.3) is 0 Å². The molecule has 0 bridgehead atoms. The Kier molecular flexibility index (Phi) is 5.61. The second-order valence-corrected chi connectivity index (χ2v) is 5.99. The molecule has 2 aromatic rings. The van der Waals surface area contributed by atoms with E-state index in [0.717, 1.165) is 4.47 Å². The van der Waals surface area contributed by atoms with E-state index in [-0.39, 0.29) is 5.78 Å². The number of amides is 1. The first-order chi connectivity index (χ1) is 11.4. The van der Waals surface area contributed by atoms with Crippen LogP contribution in [-0.4, -0.2) is 17.5 Å². The smallest absolute Gasteiger partial charge is 0.249 e. The maximum Gasteiger partial charge on any atom is 0.249 e. The van der Waals surface area contributed by atoms with Crippen LogP contribution < -0.4 is 5.32 Å². The summed E-state index contributed by atoms with van der Waals surface area (Å²) < 4.78 is 0.884. The lowest BCUT2D eigenvalue weighted by atomic mass is 10.0. The molecule has 0 aliphatic heterocycles. The van der Waals surface area contributed by atoms with Gasteiger partial charge in [-0.25, -0.2) is 0 Å². The average molecular weight is 385 g/mol. The van der Waals surface area contributed by atoms with Crippen molar-refractivity contribution in [2.45, 2.75) is 6.92 Å². The van der Waals surface area contributed by atoms with Gasteiger partial charge in [-0.1, -0.05) is 15.9 Å². The normalized spacial score (nSPS) is 11.2. The molecule has 1 amide bonds. The summed E-state index contributed by atoms with van der Waals surface area (Å²) in [6.07, 6.45) is 0. The van der Waals surface area contributed by atoms with Crippen molar-refractivity contribution < 1.29 is 14.4 Å². The Balaban J connectivity index is 2.12. The van der Waals surface area contributed by atoms with Gasteiger partial charge in [-0.05, 0) is 55.5 Å². The third-order valence-corrected chi connectivity index (χ3v) is 3.85. The number of rotatable bonds is 5. The lowest BCUT2D eigenvalue weighted by Crippen LogP contribution is -2.26. The first-order valence-electron chi connectivity index (χ1n) is 7.03. The Bertz CT molecular complexity index is 821. The van der Waals surface area contributed by atoms with Gasteiger partial charge in [0.05, 0.1) is 6.07 Å². The number of nitriles is 1. The van der Waals surface area contributed by atoms with Gasteiger partial charge in [0.1, 0.15) is 0 Å². The molecule has 0 aliphatic rings. The van der Waals surface area contributed by atoms with E-state index in [4.69, 9.17) is 5.26 Å². The molecule has 0 spiro atoms. The van der Waals surface area contributed by atoms with Gasteiger partial charge in [0.2, 0.25) is 5.91 Å². The zero-order valence-electron chi connectivity index (χ0n) is 12.7. The molecule has 0 heterocycles. The van der Waals surface area contributed by atoms with E-state index in [1.807, 2.05) is 0 Å². The van der Waals surface area contributed by atoms with Crippen molar-refractivity contribution in [2.24, 2.45) is 5.92 Å². The lowest BCUT2D eigenvalue weighted by Gasteiger charge is -2.08. The molecule has 120 valence electrons. The first kappa shape index (κ1) is 17.6. The number of Topliss-reactive ketones (excluding diaryl/α,β-unsaturated/α-hetero) is 1. The van der Waals surface area contributed by atoms with Gasteiger partial charge in [-0.3, -0.25) is 14.4 Å². The molecule has 1 unspecified atom stereocenters. The van der Waals surface area contributed by atoms with Crippen LogP contribution in [0, 0.1) is 17.2 Å². The first-order valence-corrected chi connectivity index (χ1v) is 7.83. The lowest BCUT2D eigenvalue weighted by molar-refractivity contribution is -0.127. The van der Waals surface area contributed by atoms with Crippen molar-refractivity contribution in [2.75, 3.05) is 5.32 Å². The van der Waals surface area contributed by atoms with Gasteiger partial charge in [-0.15, -0.1) is 0 Å². The number of ketones is 2. The number of benzene rings is 2. The fourth-order valence-electron chi connectivity index (χ4n) is 2.02. The summed E-state index contributed by atoms with van der Waals surface area (Å²) in [6.45, 7) is 1.19. The number of anilines is 1. The topological polar surface area (TPSA) is 87.0 Å².